The fourth-order valence-electron chi connectivity index (χ4n) is 3.30. The van der Waals surface area contributed by atoms with Crippen LogP contribution in [0.25, 0.3) is 0 Å². The predicted molar refractivity (Wildman–Crippen MR) is 129 cm³/mol. The van der Waals surface area contributed by atoms with Crippen molar-refractivity contribution in [1.82, 2.24) is 4.90 Å². The summed E-state index contributed by atoms with van der Waals surface area (Å²) in [4.78, 5) is 27.5. The molecule has 0 unspecified atom stereocenters. The van der Waals surface area contributed by atoms with E-state index in [1.165, 1.54) is 7.11 Å². The first kappa shape index (κ1) is 26.0. The second-order valence-corrected chi connectivity index (χ2v) is 15.6. The lowest BCUT2D eigenvalue weighted by Crippen LogP contribution is -2.50. The molecule has 1 atom stereocenters. The van der Waals surface area contributed by atoms with Gasteiger partial charge in [-0.2, -0.15) is 0 Å². The number of methoxy groups -OCH3 is 1. The maximum Gasteiger partial charge on any atom is 0.410 e. The van der Waals surface area contributed by atoms with Crippen LogP contribution in [0, 0.1) is 0 Å². The van der Waals surface area contributed by atoms with E-state index in [2.05, 4.69) is 33.9 Å². The second-order valence-electron chi connectivity index (χ2n) is 10.9. The average molecular weight is 462 g/mol. The van der Waals surface area contributed by atoms with Gasteiger partial charge in [0.25, 0.3) is 0 Å². The SMILES string of the molecule is COC(=O)C1=C(O[Si](C)(C)C(C)(C)C)C[C@@H](Cc2ccccc2)N(C(=O)OC(C)(C)C)C1. The Hall–Kier alpha value is -2.28. The Kier molecular flexibility index (Phi) is 7.86. The van der Waals surface area contributed by atoms with E-state index in [-0.39, 0.29) is 17.6 Å². The first-order valence-corrected chi connectivity index (χ1v) is 14.1. The second kappa shape index (κ2) is 9.69. The Labute approximate surface area is 194 Å². The van der Waals surface area contributed by atoms with Gasteiger partial charge in [0.05, 0.1) is 25.0 Å². The molecule has 0 N–H and O–H groups in total. The zero-order chi connectivity index (χ0) is 24.3. The van der Waals surface area contributed by atoms with Crippen molar-refractivity contribution in [3.63, 3.8) is 0 Å². The standard InChI is InChI=1S/C25H39NO5Si/c1-24(2,3)30-23(28)26-17-20(22(27)29-7)21(31-32(8,9)25(4,5)6)16-19(26)15-18-13-11-10-12-14-18/h10-14,19H,15-17H2,1-9H3/t19-/m1/s1. The van der Waals surface area contributed by atoms with Gasteiger partial charge in [0.1, 0.15) is 5.60 Å². The summed E-state index contributed by atoms with van der Waals surface area (Å²) in [5, 5.41) is -0.0293. The monoisotopic (exact) mass is 461 g/mol. The molecule has 7 heteroatoms. The molecule has 178 valence electrons. The van der Waals surface area contributed by atoms with Crippen molar-refractivity contribution in [2.45, 2.75) is 84.2 Å². The van der Waals surface area contributed by atoms with Gasteiger partial charge in [-0.3, -0.25) is 4.90 Å². The summed E-state index contributed by atoms with van der Waals surface area (Å²) in [6, 6.07) is 9.83. The third-order valence-electron chi connectivity index (χ3n) is 6.09. The molecule has 0 fully saturated rings. The topological polar surface area (TPSA) is 65.1 Å². The zero-order valence-corrected chi connectivity index (χ0v) is 22.1. The van der Waals surface area contributed by atoms with E-state index in [4.69, 9.17) is 13.9 Å². The third kappa shape index (κ3) is 6.61. The first-order valence-electron chi connectivity index (χ1n) is 11.2. The molecule has 1 heterocycles. The van der Waals surface area contributed by atoms with Crippen LogP contribution in [0.5, 0.6) is 0 Å². The molecule has 1 amide bonds. The summed E-state index contributed by atoms with van der Waals surface area (Å²) in [7, 11) is -0.848. The molecule has 2 rings (SSSR count). The molecule has 0 saturated heterocycles. The summed E-state index contributed by atoms with van der Waals surface area (Å²) in [5.41, 5.74) is 0.869. The lowest BCUT2D eigenvalue weighted by atomic mass is 9.95. The van der Waals surface area contributed by atoms with Crippen molar-refractivity contribution >= 4 is 20.4 Å². The van der Waals surface area contributed by atoms with Gasteiger partial charge in [-0.1, -0.05) is 51.1 Å². The van der Waals surface area contributed by atoms with Gasteiger partial charge in [-0.15, -0.1) is 0 Å². The maximum absolute atomic E-state index is 13.1. The van der Waals surface area contributed by atoms with E-state index in [1.54, 1.807) is 4.90 Å². The zero-order valence-electron chi connectivity index (χ0n) is 21.1. The van der Waals surface area contributed by atoms with E-state index in [9.17, 15) is 9.59 Å². The van der Waals surface area contributed by atoms with Crippen LogP contribution in [0.1, 0.15) is 53.5 Å². The number of ether oxygens (including phenoxy) is 2. The van der Waals surface area contributed by atoms with Crippen molar-refractivity contribution < 1.29 is 23.5 Å². The number of carbonyl (C=O) groups is 2. The number of carbonyl (C=O) groups excluding carboxylic acids is 2. The number of hydrogen-bond acceptors (Lipinski definition) is 5. The molecule has 1 aromatic rings. The van der Waals surface area contributed by atoms with E-state index in [0.29, 0.717) is 24.2 Å². The van der Waals surface area contributed by atoms with Gasteiger partial charge in [0.15, 0.2) is 0 Å². The van der Waals surface area contributed by atoms with Crippen molar-refractivity contribution in [2.24, 2.45) is 0 Å². The molecule has 32 heavy (non-hydrogen) atoms. The summed E-state index contributed by atoms with van der Waals surface area (Å²) < 4.78 is 17.4. The van der Waals surface area contributed by atoms with Gasteiger partial charge in [0, 0.05) is 12.5 Å². The average Bonchev–Trinajstić information content (AvgIpc) is 2.65. The molecular weight excluding hydrogens is 422 g/mol. The van der Waals surface area contributed by atoms with Crippen LogP contribution >= 0.6 is 0 Å². The molecular formula is C25H39NO5Si. The Balaban J connectivity index is 2.48. The van der Waals surface area contributed by atoms with Crippen molar-refractivity contribution in [1.29, 1.82) is 0 Å². The van der Waals surface area contributed by atoms with E-state index >= 15 is 0 Å². The number of rotatable bonds is 5. The number of nitrogens with zero attached hydrogens (tertiary/aromatic N) is 1. The lowest BCUT2D eigenvalue weighted by Gasteiger charge is -2.42. The molecule has 1 aliphatic rings. The highest BCUT2D eigenvalue weighted by atomic mass is 28.4. The molecule has 0 aliphatic carbocycles. The van der Waals surface area contributed by atoms with Gasteiger partial charge in [-0.25, -0.2) is 9.59 Å². The number of amides is 1. The molecule has 0 saturated carbocycles. The van der Waals surface area contributed by atoms with Crippen LogP contribution in [0.3, 0.4) is 0 Å². The summed E-state index contributed by atoms with van der Waals surface area (Å²) in [6.07, 6.45) is 0.635. The van der Waals surface area contributed by atoms with Crippen LogP contribution in [-0.2, 0) is 25.1 Å². The summed E-state index contributed by atoms with van der Waals surface area (Å²) >= 11 is 0. The minimum Gasteiger partial charge on any atom is -0.546 e. The van der Waals surface area contributed by atoms with Crippen LogP contribution in [-0.4, -0.2) is 50.6 Å². The van der Waals surface area contributed by atoms with Gasteiger partial charge < -0.3 is 13.9 Å². The Morgan fingerprint density at radius 1 is 1.06 bits per heavy atom. The highest BCUT2D eigenvalue weighted by Crippen LogP contribution is 2.40. The van der Waals surface area contributed by atoms with Gasteiger partial charge in [0.2, 0.25) is 8.32 Å². The Bertz CT molecular complexity index is 849. The fourth-order valence-corrected chi connectivity index (χ4v) is 4.43. The smallest absolute Gasteiger partial charge is 0.410 e. The quantitative estimate of drug-likeness (QED) is 0.416. The molecule has 1 aliphatic heterocycles. The molecule has 0 aromatic heterocycles. The number of esters is 1. The Morgan fingerprint density at radius 3 is 2.16 bits per heavy atom. The molecule has 0 spiro atoms. The predicted octanol–water partition coefficient (Wildman–Crippen LogP) is 5.69. The summed E-state index contributed by atoms with van der Waals surface area (Å²) in [6.45, 7) is 16.4. The third-order valence-corrected chi connectivity index (χ3v) is 10.5. The minimum absolute atomic E-state index is 0.0293. The van der Waals surface area contributed by atoms with Crippen LogP contribution in [0.4, 0.5) is 4.79 Å². The molecule has 0 bridgehead atoms. The maximum atomic E-state index is 13.1. The first-order chi connectivity index (χ1) is 14.6. The highest BCUT2D eigenvalue weighted by Gasteiger charge is 2.43. The van der Waals surface area contributed by atoms with E-state index < -0.39 is 26.0 Å². The van der Waals surface area contributed by atoms with Crippen LogP contribution in [0.15, 0.2) is 41.7 Å². The van der Waals surface area contributed by atoms with Crippen molar-refractivity contribution in [3.8, 4) is 0 Å². The van der Waals surface area contributed by atoms with Gasteiger partial charge in [-0.05, 0) is 50.9 Å². The van der Waals surface area contributed by atoms with Gasteiger partial charge >= 0.3 is 12.1 Å². The van der Waals surface area contributed by atoms with Crippen LogP contribution in [0.2, 0.25) is 18.1 Å². The van der Waals surface area contributed by atoms with Crippen LogP contribution < -0.4 is 0 Å². The number of hydrogen-bond donors (Lipinski definition) is 0. The molecule has 1 aromatic carbocycles. The molecule has 0 radical (unpaired) electrons. The largest absolute Gasteiger partial charge is 0.546 e. The highest BCUT2D eigenvalue weighted by molar-refractivity contribution is 6.74. The Morgan fingerprint density at radius 2 is 1.66 bits per heavy atom. The lowest BCUT2D eigenvalue weighted by molar-refractivity contribution is -0.136. The number of benzene rings is 1. The van der Waals surface area contributed by atoms with Crippen molar-refractivity contribution in [3.05, 3.63) is 47.2 Å². The van der Waals surface area contributed by atoms with E-state index in [1.807, 2.05) is 51.1 Å². The normalized spacial score (nSPS) is 17.8. The van der Waals surface area contributed by atoms with E-state index in [0.717, 1.165) is 5.56 Å². The fraction of sp³-hybridized carbons (Fsp3) is 0.600. The van der Waals surface area contributed by atoms with Crippen molar-refractivity contribution in [2.75, 3.05) is 13.7 Å². The molecule has 6 nitrogen and oxygen atoms in total. The summed E-state index contributed by atoms with van der Waals surface area (Å²) in [5.74, 6) is 0.176. The minimum atomic E-state index is -2.20.